The molecule has 0 saturated carbocycles. The lowest BCUT2D eigenvalue weighted by molar-refractivity contribution is -0.660. The van der Waals surface area contributed by atoms with Crippen LogP contribution in [0, 0.1) is 34.5 Å². The van der Waals surface area contributed by atoms with Gasteiger partial charge in [0.05, 0.1) is 11.1 Å². The van der Waals surface area contributed by atoms with Gasteiger partial charge in [0.1, 0.15) is 18.2 Å². The van der Waals surface area contributed by atoms with Gasteiger partial charge in [0.25, 0.3) is 0 Å². The van der Waals surface area contributed by atoms with Crippen molar-refractivity contribution in [2.24, 2.45) is 7.05 Å². The molecule has 0 aliphatic heterocycles. The highest BCUT2D eigenvalue weighted by Gasteiger charge is 2.21. The van der Waals surface area contributed by atoms with E-state index >= 15 is 0 Å². The zero-order valence-corrected chi connectivity index (χ0v) is 17.3. The lowest BCUT2D eigenvalue weighted by atomic mass is 9.98. The fraction of sp³-hybridized carbons (Fsp3) is 0.231. The zero-order valence-electron chi connectivity index (χ0n) is 20.3. The molecule has 144 valence electrons. The molecule has 0 fully saturated rings. The van der Waals surface area contributed by atoms with Crippen molar-refractivity contribution >= 4 is 32.8 Å². The first-order chi connectivity index (χ1) is 15.0. The molecule has 0 aliphatic carbocycles. The molecule has 0 atom stereocenters. The number of fused-ring (bicyclic) bond motifs is 4. The second-order valence-corrected chi connectivity index (χ2v) is 8.03. The fourth-order valence-electron chi connectivity index (χ4n) is 4.13. The molecule has 5 aromatic rings. The van der Waals surface area contributed by atoms with Crippen molar-refractivity contribution in [2.75, 3.05) is 0 Å². The van der Waals surface area contributed by atoms with E-state index in [4.69, 9.17) is 13.5 Å². The van der Waals surface area contributed by atoms with E-state index in [0.717, 1.165) is 66.5 Å². The van der Waals surface area contributed by atoms with Gasteiger partial charge in [-0.2, -0.15) is 0 Å². The lowest BCUT2D eigenvalue weighted by Gasteiger charge is -2.07. The molecule has 3 nitrogen and oxygen atoms in total. The Morgan fingerprint density at radius 2 is 1.72 bits per heavy atom. The van der Waals surface area contributed by atoms with Crippen LogP contribution in [0.25, 0.3) is 44.1 Å². The highest BCUT2D eigenvalue weighted by molar-refractivity contribution is 6.13. The molecule has 5 rings (SSSR count). The molecule has 29 heavy (non-hydrogen) atoms. The van der Waals surface area contributed by atoms with Crippen LogP contribution in [0.1, 0.15) is 32.1 Å². The summed E-state index contributed by atoms with van der Waals surface area (Å²) in [5, 5.41) is 3.18. The van der Waals surface area contributed by atoms with Crippen LogP contribution in [0.2, 0.25) is 0 Å². The average Bonchev–Trinajstić information content (AvgIpc) is 3.05. The normalized spacial score (nSPS) is 13.8. The summed E-state index contributed by atoms with van der Waals surface area (Å²) in [5.74, 6) is 0. The second-order valence-electron chi connectivity index (χ2n) is 8.03. The van der Waals surface area contributed by atoms with E-state index < -0.39 is 6.85 Å². The Morgan fingerprint density at radius 1 is 0.897 bits per heavy atom. The minimum atomic E-state index is -2.15. The third-order valence-electron chi connectivity index (χ3n) is 5.96. The SMILES string of the molecule is [2H]C([2H])([2H])c1c[n+](C)c(-c2c(C)ccc3c2oc2cc4nc(C)c(C)cc4cc23)cc1C. The van der Waals surface area contributed by atoms with Crippen LogP contribution in [-0.4, -0.2) is 4.98 Å². The van der Waals surface area contributed by atoms with Gasteiger partial charge in [0.15, 0.2) is 6.20 Å². The number of rotatable bonds is 1. The Balaban J connectivity index is 1.83. The number of benzene rings is 2. The Hall–Kier alpha value is -3.20. The molecule has 0 N–H and O–H groups in total. The average molecular weight is 385 g/mol. The molecule has 3 aromatic heterocycles. The van der Waals surface area contributed by atoms with E-state index in [1.807, 2.05) is 37.6 Å². The molecular weight excluding hydrogens is 356 g/mol. The van der Waals surface area contributed by atoms with Crippen LogP contribution in [0.3, 0.4) is 0 Å². The van der Waals surface area contributed by atoms with Crippen molar-refractivity contribution in [1.29, 1.82) is 0 Å². The van der Waals surface area contributed by atoms with E-state index in [2.05, 4.69) is 38.1 Å². The number of furan rings is 1. The summed E-state index contributed by atoms with van der Waals surface area (Å²) in [6.45, 7) is 5.85. The van der Waals surface area contributed by atoms with Gasteiger partial charge < -0.3 is 4.42 Å². The third-order valence-corrected chi connectivity index (χ3v) is 5.96. The van der Waals surface area contributed by atoms with E-state index in [-0.39, 0.29) is 0 Å². The molecule has 2 aromatic carbocycles. The Labute approximate surface area is 174 Å². The molecule has 0 spiro atoms. The number of hydrogen-bond acceptors (Lipinski definition) is 2. The molecular formula is C26H25N2O+. The Bertz CT molecular complexity index is 1560. The van der Waals surface area contributed by atoms with Crippen molar-refractivity contribution in [2.45, 2.75) is 34.5 Å². The fourth-order valence-corrected chi connectivity index (χ4v) is 4.13. The summed E-state index contributed by atoms with van der Waals surface area (Å²) in [4.78, 5) is 4.73. The standard InChI is InChI=1S/C26H25N2O/c1-14-7-8-20-21-11-19-9-16(3)18(5)27-22(19)12-24(21)29-26(20)25(14)23-10-15(2)17(4)13-28(23)6/h7-13H,1-6H3/q+1/i4D3. The maximum absolute atomic E-state index is 7.83. The van der Waals surface area contributed by atoms with Crippen LogP contribution in [0.15, 0.2) is 47.0 Å². The molecule has 0 unspecified atom stereocenters. The molecule has 0 saturated heterocycles. The van der Waals surface area contributed by atoms with Crippen molar-refractivity contribution in [3.8, 4) is 11.3 Å². The summed E-state index contributed by atoms with van der Waals surface area (Å²) in [7, 11) is 1.88. The maximum atomic E-state index is 7.83. The highest BCUT2D eigenvalue weighted by atomic mass is 16.3. The van der Waals surface area contributed by atoms with E-state index in [1.165, 1.54) is 0 Å². The van der Waals surface area contributed by atoms with Crippen LogP contribution < -0.4 is 4.57 Å². The van der Waals surface area contributed by atoms with Gasteiger partial charge in [0.2, 0.25) is 5.69 Å². The molecule has 3 heteroatoms. The largest absolute Gasteiger partial charge is 0.455 e. The minimum absolute atomic E-state index is 0.362. The van der Waals surface area contributed by atoms with Gasteiger partial charge in [-0.15, -0.1) is 0 Å². The first-order valence-corrected chi connectivity index (χ1v) is 9.79. The van der Waals surface area contributed by atoms with Crippen LogP contribution >= 0.6 is 0 Å². The van der Waals surface area contributed by atoms with Crippen molar-refractivity contribution in [3.05, 3.63) is 70.5 Å². The molecule has 0 amide bonds. The first-order valence-electron chi connectivity index (χ1n) is 11.3. The number of pyridine rings is 2. The van der Waals surface area contributed by atoms with Gasteiger partial charge in [-0.05, 0) is 63.4 Å². The zero-order chi connectivity index (χ0) is 22.9. The smallest absolute Gasteiger partial charge is 0.216 e. The van der Waals surface area contributed by atoms with Crippen molar-refractivity contribution in [1.82, 2.24) is 4.98 Å². The summed E-state index contributed by atoms with van der Waals surface area (Å²) < 4.78 is 31.8. The quantitative estimate of drug-likeness (QED) is 0.324. The maximum Gasteiger partial charge on any atom is 0.216 e. The van der Waals surface area contributed by atoms with Gasteiger partial charge in [-0.3, -0.25) is 4.98 Å². The number of aryl methyl sites for hydroxylation is 6. The molecule has 0 aliphatic rings. The molecule has 0 radical (unpaired) electrons. The summed E-state index contributed by atoms with van der Waals surface area (Å²) >= 11 is 0. The lowest BCUT2D eigenvalue weighted by Crippen LogP contribution is -2.31. The van der Waals surface area contributed by atoms with Crippen molar-refractivity contribution in [3.63, 3.8) is 0 Å². The monoisotopic (exact) mass is 384 g/mol. The topological polar surface area (TPSA) is 29.9 Å². The van der Waals surface area contributed by atoms with Crippen LogP contribution in [0.4, 0.5) is 0 Å². The second kappa shape index (κ2) is 6.15. The molecule has 3 heterocycles. The number of hydrogen-bond donors (Lipinski definition) is 0. The van der Waals surface area contributed by atoms with Gasteiger partial charge in [-0.1, -0.05) is 12.1 Å². The molecule has 0 bridgehead atoms. The first kappa shape index (κ1) is 14.7. The van der Waals surface area contributed by atoms with E-state index in [1.54, 1.807) is 6.20 Å². The summed E-state index contributed by atoms with van der Waals surface area (Å²) in [6, 6.07) is 12.5. The number of nitrogens with zero attached hydrogens (tertiary/aromatic N) is 2. The van der Waals surface area contributed by atoms with Gasteiger partial charge in [-0.25, -0.2) is 4.57 Å². The van der Waals surface area contributed by atoms with E-state index in [9.17, 15) is 0 Å². The minimum Gasteiger partial charge on any atom is -0.455 e. The summed E-state index contributed by atoms with van der Waals surface area (Å²) in [6.07, 6.45) is 1.71. The number of aromatic nitrogens is 2. The predicted octanol–water partition coefficient (Wildman–Crippen LogP) is 6.17. The van der Waals surface area contributed by atoms with Crippen LogP contribution in [-0.2, 0) is 7.05 Å². The predicted molar refractivity (Wildman–Crippen MR) is 119 cm³/mol. The highest BCUT2D eigenvalue weighted by Crippen LogP contribution is 2.38. The van der Waals surface area contributed by atoms with Crippen LogP contribution in [0.5, 0.6) is 0 Å². The summed E-state index contributed by atoms with van der Waals surface area (Å²) in [5.41, 5.74) is 8.78. The van der Waals surface area contributed by atoms with Gasteiger partial charge >= 0.3 is 0 Å². The Kier molecular flexibility index (Phi) is 3.13. The Morgan fingerprint density at radius 3 is 2.52 bits per heavy atom. The van der Waals surface area contributed by atoms with Crippen molar-refractivity contribution < 1.29 is 13.1 Å². The van der Waals surface area contributed by atoms with Gasteiger partial charge in [0, 0.05) is 43.7 Å². The van der Waals surface area contributed by atoms with E-state index in [0.29, 0.717) is 5.56 Å². The third kappa shape index (κ3) is 2.65.